The average molecular weight is 123 g/mol. The van der Waals surface area contributed by atoms with E-state index in [4.69, 9.17) is 16.3 Å². The van der Waals surface area contributed by atoms with E-state index in [0.717, 1.165) is 0 Å². The van der Waals surface area contributed by atoms with Crippen molar-refractivity contribution in [3.8, 4) is 12.1 Å². The lowest BCUT2D eigenvalue weighted by atomic mass is 10.0. The average Bonchev–Trinajstić information content (AvgIpc) is 1.84. The molecule has 1 unspecified atom stereocenters. The van der Waals surface area contributed by atoms with Crippen molar-refractivity contribution in [3.05, 3.63) is 0 Å². The summed E-state index contributed by atoms with van der Waals surface area (Å²) in [7, 11) is 0. The minimum absolute atomic E-state index is 0.348. The van der Waals surface area contributed by atoms with E-state index in [0.29, 0.717) is 12.8 Å². The molecule has 9 heavy (non-hydrogen) atoms. The molecule has 0 spiro atoms. The maximum atomic E-state index is 8.34. The van der Waals surface area contributed by atoms with Crippen molar-refractivity contribution in [1.29, 1.82) is 10.5 Å². The summed E-state index contributed by atoms with van der Waals surface area (Å²) in [5.74, 6) is 0. The van der Waals surface area contributed by atoms with Crippen molar-refractivity contribution in [2.75, 3.05) is 0 Å². The zero-order chi connectivity index (χ0) is 7.33. The van der Waals surface area contributed by atoms with Gasteiger partial charge in [0.1, 0.15) is 5.54 Å². The standard InChI is InChI=1S/C6H9N3/c1-6(9,5-8)3-2-4-7/h2-3,9H2,1H3. The van der Waals surface area contributed by atoms with Gasteiger partial charge in [-0.1, -0.05) is 0 Å². The van der Waals surface area contributed by atoms with Crippen LogP contribution in [0.1, 0.15) is 19.8 Å². The summed E-state index contributed by atoms with van der Waals surface area (Å²) in [6, 6.07) is 3.83. The third-order valence-corrected chi connectivity index (χ3v) is 1.01. The lowest BCUT2D eigenvalue weighted by Crippen LogP contribution is -2.33. The Kier molecular flexibility index (Phi) is 2.70. The molecule has 48 valence electrons. The smallest absolute Gasteiger partial charge is 0.102 e. The van der Waals surface area contributed by atoms with Crippen molar-refractivity contribution in [2.24, 2.45) is 5.73 Å². The van der Waals surface area contributed by atoms with Crippen LogP contribution in [0, 0.1) is 22.7 Å². The van der Waals surface area contributed by atoms with Crippen LogP contribution in [0.2, 0.25) is 0 Å². The van der Waals surface area contributed by atoms with Crippen molar-refractivity contribution >= 4 is 0 Å². The zero-order valence-corrected chi connectivity index (χ0v) is 5.39. The number of nitriles is 2. The summed E-state index contributed by atoms with van der Waals surface area (Å²) in [4.78, 5) is 0. The minimum Gasteiger partial charge on any atom is -0.314 e. The molecule has 0 heterocycles. The first-order valence-electron chi connectivity index (χ1n) is 2.69. The van der Waals surface area contributed by atoms with Gasteiger partial charge >= 0.3 is 0 Å². The topological polar surface area (TPSA) is 73.6 Å². The van der Waals surface area contributed by atoms with E-state index in [1.807, 2.05) is 12.1 Å². The fraction of sp³-hybridized carbons (Fsp3) is 0.667. The Morgan fingerprint density at radius 1 is 1.56 bits per heavy atom. The third kappa shape index (κ3) is 3.52. The molecule has 0 saturated heterocycles. The van der Waals surface area contributed by atoms with Crippen LogP contribution in [-0.2, 0) is 0 Å². The highest BCUT2D eigenvalue weighted by Gasteiger charge is 2.15. The predicted octanol–water partition coefficient (Wildman–Crippen LogP) is 0.531. The van der Waals surface area contributed by atoms with Crippen LogP contribution < -0.4 is 5.73 Å². The molecule has 0 aromatic rings. The molecule has 0 aromatic carbocycles. The summed E-state index contributed by atoms with van der Waals surface area (Å²) in [6.45, 7) is 1.62. The molecule has 0 aliphatic rings. The van der Waals surface area contributed by atoms with Crippen molar-refractivity contribution in [1.82, 2.24) is 0 Å². The molecule has 1 atom stereocenters. The fourth-order valence-corrected chi connectivity index (χ4v) is 0.371. The van der Waals surface area contributed by atoms with E-state index in [1.165, 1.54) is 0 Å². The summed E-state index contributed by atoms with van der Waals surface area (Å²) < 4.78 is 0. The Morgan fingerprint density at radius 3 is 2.44 bits per heavy atom. The molecule has 0 rings (SSSR count). The van der Waals surface area contributed by atoms with Gasteiger partial charge in [0.25, 0.3) is 0 Å². The molecule has 0 aliphatic carbocycles. The largest absolute Gasteiger partial charge is 0.314 e. The van der Waals surface area contributed by atoms with Gasteiger partial charge in [-0.3, -0.25) is 0 Å². The van der Waals surface area contributed by atoms with Crippen molar-refractivity contribution < 1.29 is 0 Å². The first-order chi connectivity index (χ1) is 4.12. The maximum Gasteiger partial charge on any atom is 0.102 e. The molecule has 0 fully saturated rings. The van der Waals surface area contributed by atoms with E-state index < -0.39 is 5.54 Å². The van der Waals surface area contributed by atoms with E-state index in [9.17, 15) is 0 Å². The van der Waals surface area contributed by atoms with Gasteiger partial charge in [0.05, 0.1) is 12.1 Å². The molecular weight excluding hydrogens is 114 g/mol. The highest BCUT2D eigenvalue weighted by molar-refractivity contribution is 5.01. The first kappa shape index (κ1) is 7.94. The number of hydrogen-bond donors (Lipinski definition) is 1. The van der Waals surface area contributed by atoms with Gasteiger partial charge in [0.15, 0.2) is 0 Å². The third-order valence-electron chi connectivity index (χ3n) is 1.01. The minimum atomic E-state index is -0.824. The normalized spacial score (nSPS) is 15.1. The number of nitrogens with two attached hydrogens (primary N) is 1. The molecule has 0 bridgehead atoms. The Labute approximate surface area is 54.7 Å². The SMILES string of the molecule is CC(N)(C#N)CCC#N. The Balaban J connectivity index is 3.65. The van der Waals surface area contributed by atoms with Gasteiger partial charge in [0.2, 0.25) is 0 Å². The number of rotatable bonds is 2. The summed E-state index contributed by atoms with van der Waals surface area (Å²) >= 11 is 0. The van der Waals surface area contributed by atoms with Crippen LogP contribution in [0.4, 0.5) is 0 Å². The second-order valence-corrected chi connectivity index (χ2v) is 2.19. The quantitative estimate of drug-likeness (QED) is 0.582. The van der Waals surface area contributed by atoms with Crippen LogP contribution in [0.15, 0.2) is 0 Å². The fourth-order valence-electron chi connectivity index (χ4n) is 0.371. The highest BCUT2D eigenvalue weighted by atomic mass is 14.7. The van der Waals surface area contributed by atoms with Crippen LogP contribution >= 0.6 is 0 Å². The first-order valence-corrected chi connectivity index (χ1v) is 2.69. The zero-order valence-electron chi connectivity index (χ0n) is 5.39. The molecule has 3 nitrogen and oxygen atoms in total. The molecule has 2 N–H and O–H groups in total. The summed E-state index contributed by atoms with van der Waals surface area (Å²) in [5, 5.41) is 16.4. The number of nitrogens with zero attached hydrogens (tertiary/aromatic N) is 2. The Hall–Kier alpha value is -1.06. The second kappa shape index (κ2) is 3.06. The van der Waals surface area contributed by atoms with Crippen LogP contribution in [-0.4, -0.2) is 5.54 Å². The van der Waals surface area contributed by atoms with Gasteiger partial charge in [-0.15, -0.1) is 0 Å². The van der Waals surface area contributed by atoms with Crippen molar-refractivity contribution in [2.45, 2.75) is 25.3 Å². The van der Waals surface area contributed by atoms with Gasteiger partial charge in [-0.25, -0.2) is 0 Å². The van der Waals surface area contributed by atoms with E-state index in [1.54, 1.807) is 6.92 Å². The molecule has 0 aliphatic heterocycles. The van der Waals surface area contributed by atoms with Gasteiger partial charge in [-0.05, 0) is 13.3 Å². The van der Waals surface area contributed by atoms with E-state index >= 15 is 0 Å². The molecule has 0 saturated carbocycles. The van der Waals surface area contributed by atoms with E-state index in [2.05, 4.69) is 0 Å². The predicted molar refractivity (Wildman–Crippen MR) is 33.1 cm³/mol. The van der Waals surface area contributed by atoms with Crippen molar-refractivity contribution in [3.63, 3.8) is 0 Å². The van der Waals surface area contributed by atoms with E-state index in [-0.39, 0.29) is 0 Å². The summed E-state index contributed by atoms with van der Waals surface area (Å²) in [6.07, 6.45) is 0.792. The Morgan fingerprint density at radius 2 is 2.11 bits per heavy atom. The second-order valence-electron chi connectivity index (χ2n) is 2.19. The van der Waals surface area contributed by atoms with Gasteiger partial charge in [0, 0.05) is 6.42 Å². The van der Waals surface area contributed by atoms with Crippen LogP contribution in [0.5, 0.6) is 0 Å². The molecule has 0 radical (unpaired) electrons. The van der Waals surface area contributed by atoms with Gasteiger partial charge < -0.3 is 5.73 Å². The molecule has 3 heteroatoms. The molecule has 0 aromatic heterocycles. The highest BCUT2D eigenvalue weighted by Crippen LogP contribution is 2.04. The number of hydrogen-bond acceptors (Lipinski definition) is 3. The molecule has 0 amide bonds. The lowest BCUT2D eigenvalue weighted by Gasteiger charge is -2.10. The Bertz CT molecular complexity index is 158. The van der Waals surface area contributed by atoms with Crippen LogP contribution in [0.3, 0.4) is 0 Å². The van der Waals surface area contributed by atoms with Gasteiger partial charge in [-0.2, -0.15) is 10.5 Å². The van der Waals surface area contributed by atoms with Crippen LogP contribution in [0.25, 0.3) is 0 Å². The maximum absolute atomic E-state index is 8.34. The lowest BCUT2D eigenvalue weighted by molar-refractivity contribution is 0.555. The summed E-state index contributed by atoms with van der Waals surface area (Å²) in [5.41, 5.74) is 4.57. The monoisotopic (exact) mass is 123 g/mol. The molecular formula is C6H9N3.